The summed E-state index contributed by atoms with van der Waals surface area (Å²) in [6.45, 7) is 5.55. The first-order valence-corrected chi connectivity index (χ1v) is 7.72. The molecule has 1 heterocycles. The van der Waals surface area contributed by atoms with Crippen LogP contribution in [0.3, 0.4) is 0 Å². The van der Waals surface area contributed by atoms with Crippen molar-refractivity contribution in [2.24, 2.45) is 5.92 Å². The minimum atomic E-state index is -0.428. The molecule has 1 unspecified atom stereocenters. The van der Waals surface area contributed by atoms with Crippen molar-refractivity contribution in [3.63, 3.8) is 0 Å². The Morgan fingerprint density at radius 3 is 2.57 bits per heavy atom. The van der Waals surface area contributed by atoms with Gasteiger partial charge in [0.1, 0.15) is 6.54 Å². The molecule has 1 aromatic heterocycles. The Hall–Kier alpha value is -1.62. The number of rotatable bonds is 5. The van der Waals surface area contributed by atoms with Crippen molar-refractivity contribution >= 4 is 38.5 Å². The lowest BCUT2D eigenvalue weighted by atomic mass is 10.0. The summed E-state index contributed by atoms with van der Waals surface area (Å²) in [5.74, 6) is -0.0892. The van der Waals surface area contributed by atoms with Crippen LogP contribution in [-0.4, -0.2) is 22.3 Å². The molecule has 0 saturated carbocycles. The van der Waals surface area contributed by atoms with E-state index in [0.717, 1.165) is 15.4 Å². The van der Waals surface area contributed by atoms with Gasteiger partial charge < -0.3 is 9.88 Å². The van der Waals surface area contributed by atoms with Crippen molar-refractivity contribution < 1.29 is 9.59 Å². The zero-order chi connectivity index (χ0) is 15.6. The van der Waals surface area contributed by atoms with Gasteiger partial charge in [-0.25, -0.2) is 0 Å². The van der Waals surface area contributed by atoms with E-state index < -0.39 is 6.04 Å². The molecule has 2 aromatic rings. The number of hydrogen-bond donors (Lipinski definition) is 1. The number of fused-ring (bicyclic) bond motifs is 1. The molecule has 0 saturated heterocycles. The molecule has 2 rings (SSSR count). The quantitative estimate of drug-likeness (QED) is 0.900. The molecular weight excluding hydrogens is 332 g/mol. The van der Waals surface area contributed by atoms with Gasteiger partial charge in [-0.3, -0.25) is 9.59 Å². The molecule has 1 N–H and O–H groups in total. The van der Waals surface area contributed by atoms with Crippen LogP contribution in [0.15, 0.2) is 34.9 Å². The highest BCUT2D eigenvalue weighted by atomic mass is 79.9. The van der Waals surface area contributed by atoms with Gasteiger partial charge in [0.25, 0.3) is 0 Å². The number of aromatic nitrogens is 1. The number of carbonyl (C=O) groups is 2. The van der Waals surface area contributed by atoms with E-state index >= 15 is 0 Å². The highest BCUT2D eigenvalue weighted by Crippen LogP contribution is 2.25. The van der Waals surface area contributed by atoms with Crippen LogP contribution in [0.5, 0.6) is 0 Å². The smallest absolute Gasteiger partial charge is 0.240 e. The van der Waals surface area contributed by atoms with Crippen LogP contribution in [0.1, 0.15) is 20.8 Å². The monoisotopic (exact) mass is 350 g/mol. The lowest BCUT2D eigenvalue weighted by Crippen LogP contribution is -2.44. The maximum absolute atomic E-state index is 12.2. The molecule has 0 fully saturated rings. The highest BCUT2D eigenvalue weighted by molar-refractivity contribution is 9.10. The second-order valence-corrected chi connectivity index (χ2v) is 6.38. The minimum absolute atomic E-state index is 0.0168. The molecule has 5 heteroatoms. The Balaban J connectivity index is 2.17. The fraction of sp³-hybridized carbons (Fsp3) is 0.375. The molecule has 0 bridgehead atoms. The summed E-state index contributed by atoms with van der Waals surface area (Å²) < 4.78 is 2.84. The zero-order valence-corrected chi connectivity index (χ0v) is 14.0. The van der Waals surface area contributed by atoms with Gasteiger partial charge in [0.2, 0.25) is 5.91 Å². The largest absolute Gasteiger partial charge is 0.344 e. The van der Waals surface area contributed by atoms with Crippen LogP contribution in [0.4, 0.5) is 0 Å². The number of nitrogens with zero attached hydrogens (tertiary/aromatic N) is 1. The van der Waals surface area contributed by atoms with E-state index in [1.807, 2.05) is 48.9 Å². The van der Waals surface area contributed by atoms with Crippen molar-refractivity contribution in [1.29, 1.82) is 0 Å². The number of hydrogen-bond acceptors (Lipinski definition) is 2. The van der Waals surface area contributed by atoms with Gasteiger partial charge in [-0.05, 0) is 34.8 Å². The molecule has 1 aromatic carbocycles. The summed E-state index contributed by atoms with van der Waals surface area (Å²) in [6.07, 6.45) is 1.89. The van der Waals surface area contributed by atoms with Gasteiger partial charge in [-0.1, -0.05) is 32.0 Å². The van der Waals surface area contributed by atoms with E-state index in [4.69, 9.17) is 0 Å². The van der Waals surface area contributed by atoms with E-state index in [1.165, 1.54) is 6.92 Å². The van der Waals surface area contributed by atoms with Gasteiger partial charge >= 0.3 is 0 Å². The van der Waals surface area contributed by atoms with Crippen molar-refractivity contribution in [1.82, 2.24) is 9.88 Å². The Morgan fingerprint density at radius 1 is 1.29 bits per heavy atom. The number of halogens is 1. The van der Waals surface area contributed by atoms with Crippen LogP contribution in [0.2, 0.25) is 0 Å². The summed E-state index contributed by atoms with van der Waals surface area (Å²) in [6, 6.07) is 7.44. The second-order valence-electron chi connectivity index (χ2n) is 5.52. The van der Waals surface area contributed by atoms with Crippen molar-refractivity contribution in [3.8, 4) is 0 Å². The summed E-state index contributed by atoms with van der Waals surface area (Å²) in [5.41, 5.74) is 0.989. The number of Topliss-reactive ketones (excluding diaryl/α,β-unsaturated/α-hetero) is 1. The first-order valence-electron chi connectivity index (χ1n) is 6.93. The summed E-state index contributed by atoms with van der Waals surface area (Å²) in [4.78, 5) is 23.7. The first-order chi connectivity index (χ1) is 9.90. The second kappa shape index (κ2) is 6.43. The Kier molecular flexibility index (Phi) is 4.83. The standard InChI is InChI=1S/C16H19BrN2O2/c1-10(2)16(11(3)20)18-15(21)9-19-8-13(17)12-6-4-5-7-14(12)19/h4-8,10,16H,9H2,1-3H3,(H,18,21). The van der Waals surface area contributed by atoms with Crippen LogP contribution in [0.25, 0.3) is 10.9 Å². The lowest BCUT2D eigenvalue weighted by molar-refractivity contribution is -0.128. The first kappa shape index (κ1) is 15.8. The third-order valence-electron chi connectivity index (χ3n) is 3.48. The maximum atomic E-state index is 12.2. The zero-order valence-electron chi connectivity index (χ0n) is 12.4. The normalized spacial score (nSPS) is 12.6. The van der Waals surface area contributed by atoms with Gasteiger partial charge in [0.15, 0.2) is 5.78 Å². The lowest BCUT2D eigenvalue weighted by Gasteiger charge is -2.19. The molecule has 112 valence electrons. The van der Waals surface area contributed by atoms with Gasteiger partial charge in [0, 0.05) is 21.6 Å². The minimum Gasteiger partial charge on any atom is -0.344 e. The molecule has 1 amide bonds. The van der Waals surface area contributed by atoms with E-state index in [1.54, 1.807) is 0 Å². The van der Waals surface area contributed by atoms with Crippen LogP contribution < -0.4 is 5.32 Å². The highest BCUT2D eigenvalue weighted by Gasteiger charge is 2.21. The summed E-state index contributed by atoms with van der Waals surface area (Å²) in [7, 11) is 0. The molecule has 0 aliphatic rings. The van der Waals surface area contributed by atoms with E-state index in [-0.39, 0.29) is 24.2 Å². The number of amides is 1. The van der Waals surface area contributed by atoms with Crippen LogP contribution in [0, 0.1) is 5.92 Å². The van der Waals surface area contributed by atoms with Crippen LogP contribution >= 0.6 is 15.9 Å². The Labute approximate surface area is 132 Å². The number of nitrogens with one attached hydrogen (secondary N) is 1. The molecule has 0 aliphatic heterocycles. The van der Waals surface area contributed by atoms with Crippen molar-refractivity contribution in [3.05, 3.63) is 34.9 Å². The molecule has 0 spiro atoms. The predicted octanol–water partition coefficient (Wildman–Crippen LogP) is 3.13. The number of carbonyl (C=O) groups excluding carboxylic acids is 2. The predicted molar refractivity (Wildman–Crippen MR) is 87.1 cm³/mol. The van der Waals surface area contributed by atoms with Gasteiger partial charge in [-0.2, -0.15) is 0 Å². The fourth-order valence-corrected chi connectivity index (χ4v) is 3.03. The van der Waals surface area contributed by atoms with E-state index in [9.17, 15) is 9.59 Å². The maximum Gasteiger partial charge on any atom is 0.240 e. The number of ketones is 1. The number of para-hydroxylation sites is 1. The Morgan fingerprint density at radius 2 is 1.95 bits per heavy atom. The van der Waals surface area contributed by atoms with E-state index in [0.29, 0.717) is 0 Å². The molecular formula is C16H19BrN2O2. The summed E-state index contributed by atoms with van der Waals surface area (Å²) in [5, 5.41) is 3.88. The van der Waals surface area contributed by atoms with Crippen molar-refractivity contribution in [2.75, 3.05) is 0 Å². The topological polar surface area (TPSA) is 51.1 Å². The third-order valence-corrected chi connectivity index (χ3v) is 4.11. The third kappa shape index (κ3) is 3.53. The van der Waals surface area contributed by atoms with Gasteiger partial charge in [0.05, 0.1) is 6.04 Å². The summed E-state index contributed by atoms with van der Waals surface area (Å²) >= 11 is 3.50. The average molecular weight is 351 g/mol. The molecule has 21 heavy (non-hydrogen) atoms. The van der Waals surface area contributed by atoms with E-state index in [2.05, 4.69) is 21.2 Å². The molecule has 1 atom stereocenters. The molecule has 0 radical (unpaired) electrons. The molecule has 0 aliphatic carbocycles. The number of benzene rings is 1. The van der Waals surface area contributed by atoms with Gasteiger partial charge in [-0.15, -0.1) is 0 Å². The van der Waals surface area contributed by atoms with Crippen molar-refractivity contribution in [2.45, 2.75) is 33.4 Å². The molecule has 4 nitrogen and oxygen atoms in total. The SMILES string of the molecule is CC(=O)C(NC(=O)Cn1cc(Br)c2ccccc21)C(C)C. The Bertz CT molecular complexity index is 676. The van der Waals surface area contributed by atoms with Crippen LogP contribution in [-0.2, 0) is 16.1 Å². The fourth-order valence-electron chi connectivity index (χ4n) is 2.44. The average Bonchev–Trinajstić information content (AvgIpc) is 2.73.